The Balaban J connectivity index is 2.42. The Morgan fingerprint density at radius 2 is 2.29 bits per heavy atom. The maximum absolute atomic E-state index is 5.96. The van der Waals surface area contributed by atoms with Crippen LogP contribution in [-0.2, 0) is 6.42 Å². The number of nitrogens with zero attached hydrogens (tertiary/aromatic N) is 3. The molecule has 0 saturated heterocycles. The number of pyridine rings is 1. The topological polar surface area (TPSA) is 56.2 Å². The highest BCUT2D eigenvalue weighted by Crippen LogP contribution is 2.15. The van der Waals surface area contributed by atoms with Crippen molar-refractivity contribution in [3.05, 3.63) is 29.2 Å². The van der Waals surface area contributed by atoms with Crippen LogP contribution in [0, 0.1) is 0 Å². The molecule has 2 N–H and O–H groups in total. The summed E-state index contributed by atoms with van der Waals surface area (Å²) in [4.78, 5) is 0. The van der Waals surface area contributed by atoms with Crippen molar-refractivity contribution in [2.24, 2.45) is 5.73 Å². The molecule has 0 aliphatic heterocycles. The van der Waals surface area contributed by atoms with E-state index in [0.717, 1.165) is 18.7 Å². The molecular formula is C9H11ClN4. The molecule has 2 aromatic rings. The van der Waals surface area contributed by atoms with Gasteiger partial charge in [0.25, 0.3) is 0 Å². The third-order valence-corrected chi connectivity index (χ3v) is 2.36. The van der Waals surface area contributed by atoms with Crippen LogP contribution in [0.25, 0.3) is 5.65 Å². The third-order valence-electron chi connectivity index (χ3n) is 2.06. The van der Waals surface area contributed by atoms with Gasteiger partial charge < -0.3 is 5.73 Å². The largest absolute Gasteiger partial charge is 0.330 e. The van der Waals surface area contributed by atoms with Crippen molar-refractivity contribution in [1.29, 1.82) is 0 Å². The molecule has 0 aromatic carbocycles. The summed E-state index contributed by atoms with van der Waals surface area (Å²) in [5.41, 5.74) is 6.14. The Morgan fingerprint density at radius 3 is 3.07 bits per heavy atom. The van der Waals surface area contributed by atoms with Gasteiger partial charge in [-0.15, -0.1) is 10.2 Å². The molecule has 2 rings (SSSR count). The third kappa shape index (κ3) is 1.58. The number of aryl methyl sites for hydroxylation is 1. The molecule has 0 spiro atoms. The Bertz CT molecular complexity index is 437. The first-order valence-electron chi connectivity index (χ1n) is 4.51. The Hall–Kier alpha value is -1.13. The van der Waals surface area contributed by atoms with Gasteiger partial charge in [-0.05, 0) is 25.1 Å². The van der Waals surface area contributed by atoms with Gasteiger partial charge in [-0.25, -0.2) is 0 Å². The lowest BCUT2D eigenvalue weighted by atomic mass is 10.3. The van der Waals surface area contributed by atoms with Crippen molar-refractivity contribution in [3.8, 4) is 0 Å². The van der Waals surface area contributed by atoms with Gasteiger partial charge in [-0.2, -0.15) is 0 Å². The molecule has 0 unspecified atom stereocenters. The Kier molecular flexibility index (Phi) is 2.65. The van der Waals surface area contributed by atoms with Gasteiger partial charge in [-0.1, -0.05) is 11.6 Å². The molecule has 74 valence electrons. The van der Waals surface area contributed by atoms with Gasteiger partial charge in [0.05, 0.1) is 5.02 Å². The number of nitrogens with two attached hydrogens (primary N) is 1. The highest BCUT2D eigenvalue weighted by Gasteiger charge is 2.06. The van der Waals surface area contributed by atoms with E-state index in [9.17, 15) is 0 Å². The van der Waals surface area contributed by atoms with E-state index in [1.807, 2.05) is 16.7 Å². The lowest BCUT2D eigenvalue weighted by Gasteiger charge is -1.98. The van der Waals surface area contributed by atoms with E-state index in [1.165, 1.54) is 0 Å². The normalized spacial score (nSPS) is 11.0. The van der Waals surface area contributed by atoms with Crippen LogP contribution in [0.1, 0.15) is 12.2 Å². The highest BCUT2D eigenvalue weighted by molar-refractivity contribution is 6.33. The van der Waals surface area contributed by atoms with E-state index in [2.05, 4.69) is 10.2 Å². The maximum Gasteiger partial charge on any atom is 0.179 e. The zero-order chi connectivity index (χ0) is 9.97. The van der Waals surface area contributed by atoms with Crippen molar-refractivity contribution >= 4 is 17.2 Å². The fourth-order valence-corrected chi connectivity index (χ4v) is 1.56. The summed E-state index contributed by atoms with van der Waals surface area (Å²) in [5, 5.41) is 8.70. The van der Waals surface area contributed by atoms with Crippen LogP contribution in [-0.4, -0.2) is 21.1 Å². The lowest BCUT2D eigenvalue weighted by Crippen LogP contribution is -2.03. The second kappa shape index (κ2) is 3.94. The molecule has 0 amide bonds. The minimum atomic E-state index is 0.624. The van der Waals surface area contributed by atoms with Crippen LogP contribution in [0.5, 0.6) is 0 Å². The van der Waals surface area contributed by atoms with E-state index in [1.54, 1.807) is 6.07 Å². The standard InChI is InChI=1S/C9H11ClN4/c10-7-3-2-6-14-8(4-1-5-11)12-13-9(7)14/h2-3,6H,1,4-5,11H2. The van der Waals surface area contributed by atoms with Crippen LogP contribution >= 0.6 is 11.6 Å². The molecule has 0 radical (unpaired) electrons. The Morgan fingerprint density at radius 1 is 1.43 bits per heavy atom. The molecule has 0 atom stereocenters. The average molecular weight is 211 g/mol. The van der Waals surface area contributed by atoms with Crippen molar-refractivity contribution in [3.63, 3.8) is 0 Å². The van der Waals surface area contributed by atoms with E-state index in [-0.39, 0.29) is 0 Å². The predicted octanol–water partition coefficient (Wildman–Crippen LogP) is 1.27. The van der Waals surface area contributed by atoms with Crippen LogP contribution < -0.4 is 5.73 Å². The van der Waals surface area contributed by atoms with E-state index < -0.39 is 0 Å². The molecule has 0 aliphatic carbocycles. The van der Waals surface area contributed by atoms with Gasteiger partial charge in [0.15, 0.2) is 5.65 Å². The second-order valence-corrected chi connectivity index (χ2v) is 3.47. The summed E-state index contributed by atoms with van der Waals surface area (Å²) in [5.74, 6) is 0.910. The van der Waals surface area contributed by atoms with Gasteiger partial charge in [-0.3, -0.25) is 4.40 Å². The van der Waals surface area contributed by atoms with Crippen molar-refractivity contribution < 1.29 is 0 Å². The van der Waals surface area contributed by atoms with Crippen LogP contribution in [0.3, 0.4) is 0 Å². The fraction of sp³-hybridized carbons (Fsp3) is 0.333. The predicted molar refractivity (Wildman–Crippen MR) is 55.4 cm³/mol. The van der Waals surface area contributed by atoms with Crippen LogP contribution in [0.2, 0.25) is 5.02 Å². The monoisotopic (exact) mass is 210 g/mol. The molecule has 0 fully saturated rings. The number of hydrogen-bond acceptors (Lipinski definition) is 3. The van der Waals surface area contributed by atoms with E-state index in [0.29, 0.717) is 17.2 Å². The molecule has 4 nitrogen and oxygen atoms in total. The molecule has 0 aliphatic rings. The second-order valence-electron chi connectivity index (χ2n) is 3.06. The summed E-state index contributed by atoms with van der Waals surface area (Å²) in [6, 6.07) is 3.68. The first-order valence-corrected chi connectivity index (χ1v) is 4.89. The van der Waals surface area contributed by atoms with Gasteiger partial charge in [0.2, 0.25) is 0 Å². The quantitative estimate of drug-likeness (QED) is 0.830. The summed E-state index contributed by atoms with van der Waals surface area (Å²) < 4.78 is 1.90. The lowest BCUT2D eigenvalue weighted by molar-refractivity contribution is 0.770. The number of fused-ring (bicyclic) bond motifs is 1. The number of hydrogen-bond donors (Lipinski definition) is 1. The molecule has 5 heteroatoms. The van der Waals surface area contributed by atoms with Crippen LogP contribution in [0.4, 0.5) is 0 Å². The Labute approximate surface area is 86.7 Å². The zero-order valence-electron chi connectivity index (χ0n) is 7.65. The average Bonchev–Trinajstić information content (AvgIpc) is 2.60. The summed E-state index contributed by atoms with van der Waals surface area (Å²) in [6.45, 7) is 0.662. The van der Waals surface area contributed by atoms with E-state index in [4.69, 9.17) is 17.3 Å². The molecular weight excluding hydrogens is 200 g/mol. The summed E-state index contributed by atoms with van der Waals surface area (Å²) >= 11 is 5.96. The van der Waals surface area contributed by atoms with Gasteiger partial charge >= 0.3 is 0 Å². The minimum Gasteiger partial charge on any atom is -0.330 e. The molecule has 14 heavy (non-hydrogen) atoms. The zero-order valence-corrected chi connectivity index (χ0v) is 8.41. The molecule has 2 aromatic heterocycles. The molecule has 2 heterocycles. The summed E-state index contributed by atoms with van der Waals surface area (Å²) in [7, 11) is 0. The van der Waals surface area contributed by atoms with Crippen molar-refractivity contribution in [2.75, 3.05) is 6.54 Å². The fourth-order valence-electron chi connectivity index (χ4n) is 1.36. The van der Waals surface area contributed by atoms with Crippen LogP contribution in [0.15, 0.2) is 18.3 Å². The van der Waals surface area contributed by atoms with Crippen molar-refractivity contribution in [1.82, 2.24) is 14.6 Å². The first-order chi connectivity index (χ1) is 6.83. The summed E-state index contributed by atoms with van der Waals surface area (Å²) in [6.07, 6.45) is 3.65. The molecule has 0 saturated carbocycles. The number of aromatic nitrogens is 3. The number of rotatable bonds is 3. The SMILES string of the molecule is NCCCc1nnc2c(Cl)cccn12. The van der Waals surface area contributed by atoms with Gasteiger partial charge in [0, 0.05) is 12.6 Å². The first kappa shape index (κ1) is 9.43. The highest BCUT2D eigenvalue weighted by atomic mass is 35.5. The number of halogens is 1. The van der Waals surface area contributed by atoms with Gasteiger partial charge in [0.1, 0.15) is 5.82 Å². The maximum atomic E-state index is 5.96. The van der Waals surface area contributed by atoms with E-state index >= 15 is 0 Å². The van der Waals surface area contributed by atoms with Crippen molar-refractivity contribution in [2.45, 2.75) is 12.8 Å². The molecule has 0 bridgehead atoms. The minimum absolute atomic E-state index is 0.624. The smallest absolute Gasteiger partial charge is 0.179 e.